The monoisotopic (exact) mass is 392 g/mol. The van der Waals surface area contributed by atoms with E-state index in [2.05, 4.69) is 20.0 Å². The van der Waals surface area contributed by atoms with Gasteiger partial charge in [0.2, 0.25) is 5.91 Å². The summed E-state index contributed by atoms with van der Waals surface area (Å²) in [6, 6.07) is -0.443. The molecule has 0 bridgehead atoms. The summed E-state index contributed by atoms with van der Waals surface area (Å²) < 4.78 is 26.3. The molecule has 27 heavy (non-hydrogen) atoms. The maximum absolute atomic E-state index is 12.8. The van der Waals surface area contributed by atoms with Crippen molar-refractivity contribution >= 4 is 15.7 Å². The van der Waals surface area contributed by atoms with Crippen molar-refractivity contribution in [1.82, 2.24) is 29.5 Å². The third kappa shape index (κ3) is 3.91. The quantitative estimate of drug-likeness (QED) is 0.757. The number of aromatic amines is 1. The van der Waals surface area contributed by atoms with Gasteiger partial charge in [-0.1, -0.05) is 0 Å². The molecule has 2 aromatic heterocycles. The van der Waals surface area contributed by atoms with Gasteiger partial charge in [0.1, 0.15) is 0 Å². The van der Waals surface area contributed by atoms with Crippen LogP contribution in [0, 0.1) is 6.92 Å². The first kappa shape index (κ1) is 18.2. The molecular weight excluding hydrogens is 368 g/mol. The summed E-state index contributed by atoms with van der Waals surface area (Å²) in [5.74, 6) is 0.147. The van der Waals surface area contributed by atoms with Gasteiger partial charge in [-0.05, 0) is 12.5 Å². The van der Waals surface area contributed by atoms with Crippen LogP contribution in [0.1, 0.15) is 17.7 Å². The van der Waals surface area contributed by atoms with Crippen LogP contribution in [0.3, 0.4) is 0 Å². The Kier molecular flexibility index (Phi) is 4.77. The maximum Gasteiger partial charge on any atom is 0.224 e. The lowest BCUT2D eigenvalue weighted by molar-refractivity contribution is -0.137. The Morgan fingerprint density at radius 3 is 2.78 bits per heavy atom. The molecular formula is C17H24N6O3S. The summed E-state index contributed by atoms with van der Waals surface area (Å²) >= 11 is 0. The van der Waals surface area contributed by atoms with E-state index in [1.807, 2.05) is 13.1 Å². The fourth-order valence-electron chi connectivity index (χ4n) is 4.06. The smallest absolute Gasteiger partial charge is 0.224 e. The van der Waals surface area contributed by atoms with E-state index >= 15 is 0 Å². The molecule has 2 aromatic rings. The molecule has 2 fully saturated rings. The molecule has 0 aromatic carbocycles. The Hall–Kier alpha value is -2.20. The third-order valence-corrected chi connectivity index (χ3v) is 7.06. The fourth-order valence-corrected chi connectivity index (χ4v) is 6.08. The number of H-pyrrole nitrogens is 1. The molecule has 4 rings (SSSR count). The summed E-state index contributed by atoms with van der Waals surface area (Å²) in [4.78, 5) is 23.8. The standard InChI is InChI=1S/C17H24N6O3S/c1-13-6-20-22(8-13)3-2-17(24)23-5-4-21(9-14-7-18-12-19-14)15-10-27(25,26)11-16(15)23/h6-8,12,15-16H,2-5,9-11H2,1H3,(H,18,19)/t15-,16+/m1/s1. The van der Waals surface area contributed by atoms with Gasteiger partial charge in [0.05, 0.1) is 30.1 Å². The minimum absolute atomic E-state index is 0.00329. The summed E-state index contributed by atoms with van der Waals surface area (Å²) in [6.07, 6.45) is 7.36. The molecule has 1 amide bonds. The molecule has 0 aliphatic carbocycles. The first-order valence-electron chi connectivity index (χ1n) is 9.11. The molecule has 146 valence electrons. The topological polar surface area (TPSA) is 104 Å². The Morgan fingerprint density at radius 1 is 1.26 bits per heavy atom. The minimum atomic E-state index is -3.15. The maximum atomic E-state index is 12.8. The Bertz CT molecular complexity index is 907. The first-order chi connectivity index (χ1) is 12.9. The molecule has 0 radical (unpaired) electrons. The summed E-state index contributed by atoms with van der Waals surface area (Å²) in [7, 11) is -3.15. The van der Waals surface area contributed by atoms with Crippen LogP contribution < -0.4 is 0 Å². The van der Waals surface area contributed by atoms with E-state index in [-0.39, 0.29) is 29.5 Å². The van der Waals surface area contributed by atoms with Gasteiger partial charge in [-0.15, -0.1) is 0 Å². The van der Waals surface area contributed by atoms with Gasteiger partial charge in [-0.2, -0.15) is 5.10 Å². The number of imidazole rings is 1. The molecule has 2 aliphatic rings. The van der Waals surface area contributed by atoms with Crippen LogP contribution in [0.2, 0.25) is 0 Å². The average molecular weight is 392 g/mol. The summed E-state index contributed by atoms with van der Waals surface area (Å²) in [6.45, 7) is 4.28. The van der Waals surface area contributed by atoms with Gasteiger partial charge in [-0.3, -0.25) is 14.4 Å². The molecule has 4 heterocycles. The molecule has 0 unspecified atom stereocenters. The van der Waals surface area contributed by atoms with Crippen LogP contribution in [0.25, 0.3) is 0 Å². The molecule has 2 aliphatic heterocycles. The van der Waals surface area contributed by atoms with Crippen molar-refractivity contribution in [3.05, 3.63) is 36.2 Å². The van der Waals surface area contributed by atoms with Crippen LogP contribution in [-0.2, 0) is 27.7 Å². The van der Waals surface area contributed by atoms with E-state index in [0.29, 0.717) is 32.6 Å². The zero-order chi connectivity index (χ0) is 19.0. The number of nitrogens with one attached hydrogen (secondary N) is 1. The van der Waals surface area contributed by atoms with E-state index in [4.69, 9.17) is 0 Å². The number of sulfone groups is 1. The second-order valence-corrected chi connectivity index (χ2v) is 9.53. The number of fused-ring (bicyclic) bond motifs is 1. The van der Waals surface area contributed by atoms with Crippen molar-refractivity contribution < 1.29 is 13.2 Å². The lowest BCUT2D eigenvalue weighted by Gasteiger charge is -2.43. The van der Waals surface area contributed by atoms with Gasteiger partial charge >= 0.3 is 0 Å². The predicted octanol–water partition coefficient (Wildman–Crippen LogP) is -0.185. The minimum Gasteiger partial charge on any atom is -0.347 e. The molecule has 2 saturated heterocycles. The number of rotatable bonds is 5. The molecule has 0 spiro atoms. The Morgan fingerprint density at radius 2 is 2.07 bits per heavy atom. The van der Waals surface area contributed by atoms with Gasteiger partial charge in [0.25, 0.3) is 0 Å². The van der Waals surface area contributed by atoms with E-state index in [0.717, 1.165) is 11.3 Å². The van der Waals surface area contributed by atoms with Crippen LogP contribution in [0.4, 0.5) is 0 Å². The van der Waals surface area contributed by atoms with E-state index in [1.165, 1.54) is 0 Å². The van der Waals surface area contributed by atoms with E-state index < -0.39 is 9.84 Å². The zero-order valence-corrected chi connectivity index (χ0v) is 16.1. The number of amides is 1. The van der Waals surface area contributed by atoms with E-state index in [1.54, 1.807) is 28.3 Å². The number of hydrogen-bond donors (Lipinski definition) is 1. The fraction of sp³-hybridized carbons (Fsp3) is 0.588. The second-order valence-electron chi connectivity index (χ2n) is 7.38. The average Bonchev–Trinajstić information content (AvgIpc) is 3.33. The largest absolute Gasteiger partial charge is 0.347 e. The van der Waals surface area contributed by atoms with E-state index in [9.17, 15) is 13.2 Å². The molecule has 10 heteroatoms. The highest BCUT2D eigenvalue weighted by atomic mass is 32.2. The van der Waals surface area contributed by atoms with Crippen molar-refractivity contribution in [1.29, 1.82) is 0 Å². The van der Waals surface area contributed by atoms with Crippen LogP contribution >= 0.6 is 0 Å². The van der Waals surface area contributed by atoms with Gasteiger partial charge < -0.3 is 9.88 Å². The third-order valence-electron chi connectivity index (χ3n) is 5.36. The second kappa shape index (κ2) is 7.08. The number of nitrogens with zero attached hydrogens (tertiary/aromatic N) is 5. The van der Waals surface area contributed by atoms with Crippen LogP contribution in [0.15, 0.2) is 24.9 Å². The molecule has 9 nitrogen and oxygen atoms in total. The number of aromatic nitrogens is 4. The Labute approximate surface area is 158 Å². The lowest BCUT2D eigenvalue weighted by atomic mass is 10.0. The van der Waals surface area contributed by atoms with Gasteiger partial charge in [0.15, 0.2) is 9.84 Å². The van der Waals surface area contributed by atoms with Gasteiger partial charge in [-0.25, -0.2) is 13.4 Å². The molecule has 1 N–H and O–H groups in total. The van der Waals surface area contributed by atoms with Crippen molar-refractivity contribution in [2.45, 2.75) is 38.5 Å². The van der Waals surface area contributed by atoms with Crippen LogP contribution in [0.5, 0.6) is 0 Å². The number of carbonyl (C=O) groups is 1. The number of carbonyl (C=O) groups excluding carboxylic acids is 1. The summed E-state index contributed by atoms with van der Waals surface area (Å²) in [5.41, 5.74) is 2.00. The predicted molar refractivity (Wildman–Crippen MR) is 98.5 cm³/mol. The number of piperazine rings is 1. The van der Waals surface area contributed by atoms with Crippen molar-refractivity contribution in [2.24, 2.45) is 0 Å². The SMILES string of the molecule is Cc1cnn(CCC(=O)N2CCN(Cc3cnc[nH]3)[C@@H]3CS(=O)(=O)C[C@@H]32)c1. The zero-order valence-electron chi connectivity index (χ0n) is 15.3. The lowest BCUT2D eigenvalue weighted by Crippen LogP contribution is -2.60. The molecule has 2 atom stereocenters. The normalized spacial score (nSPS) is 24.9. The Balaban J connectivity index is 1.45. The van der Waals surface area contributed by atoms with Crippen molar-refractivity contribution in [3.63, 3.8) is 0 Å². The number of aryl methyl sites for hydroxylation is 2. The molecule has 0 saturated carbocycles. The highest BCUT2D eigenvalue weighted by molar-refractivity contribution is 7.91. The highest BCUT2D eigenvalue weighted by Gasteiger charge is 2.47. The first-order valence-corrected chi connectivity index (χ1v) is 10.9. The highest BCUT2D eigenvalue weighted by Crippen LogP contribution is 2.28. The van der Waals surface area contributed by atoms with Crippen LogP contribution in [-0.4, -0.2) is 80.6 Å². The number of hydrogen-bond acceptors (Lipinski definition) is 6. The van der Waals surface area contributed by atoms with Gasteiger partial charge in [0, 0.05) is 56.7 Å². The summed E-state index contributed by atoms with van der Waals surface area (Å²) in [5, 5.41) is 4.21. The van der Waals surface area contributed by atoms with Crippen molar-refractivity contribution in [3.8, 4) is 0 Å². The van der Waals surface area contributed by atoms with Crippen molar-refractivity contribution in [2.75, 3.05) is 24.6 Å².